The molecular weight excluding hydrogens is 340 g/mol. The van der Waals surface area contributed by atoms with Crippen molar-refractivity contribution in [3.8, 4) is 0 Å². The zero-order chi connectivity index (χ0) is 18.4. The number of nitrogens with one attached hydrogen (secondary N) is 2. The maximum absolute atomic E-state index is 5.30. The van der Waals surface area contributed by atoms with E-state index in [1.807, 2.05) is 49.5 Å². The van der Waals surface area contributed by atoms with Crippen LogP contribution in [0.1, 0.15) is 22.4 Å². The Morgan fingerprint density at radius 2 is 1.92 bits per heavy atom. The summed E-state index contributed by atoms with van der Waals surface area (Å²) in [6.07, 6.45) is 3.83. The Labute approximate surface area is 159 Å². The van der Waals surface area contributed by atoms with Gasteiger partial charge in [0.1, 0.15) is 0 Å². The van der Waals surface area contributed by atoms with E-state index in [1.54, 1.807) is 6.21 Å². The second-order valence-electron chi connectivity index (χ2n) is 6.19. The van der Waals surface area contributed by atoms with E-state index in [2.05, 4.69) is 51.6 Å². The quantitative estimate of drug-likeness (QED) is 0.400. The lowest BCUT2D eigenvalue weighted by atomic mass is 10.1. The molecule has 5 heteroatoms. The van der Waals surface area contributed by atoms with E-state index in [4.69, 9.17) is 12.2 Å². The minimum Gasteiger partial charge on any atom is -0.342 e. The van der Waals surface area contributed by atoms with E-state index in [0.717, 1.165) is 23.5 Å². The highest BCUT2D eigenvalue weighted by molar-refractivity contribution is 7.80. The molecule has 0 atom stereocenters. The Hall–Kier alpha value is -2.92. The molecule has 2 aromatic carbocycles. The summed E-state index contributed by atoms with van der Waals surface area (Å²) in [6, 6.07) is 20.5. The lowest BCUT2D eigenvalue weighted by Gasteiger charge is -2.10. The molecule has 0 saturated carbocycles. The van der Waals surface area contributed by atoms with Gasteiger partial charge in [-0.05, 0) is 55.4 Å². The average Bonchev–Trinajstić information content (AvgIpc) is 3.04. The molecule has 132 valence electrons. The van der Waals surface area contributed by atoms with Crippen molar-refractivity contribution in [2.24, 2.45) is 5.10 Å². The Morgan fingerprint density at radius 1 is 1.08 bits per heavy atom. The van der Waals surface area contributed by atoms with Crippen molar-refractivity contribution in [1.29, 1.82) is 0 Å². The van der Waals surface area contributed by atoms with Crippen molar-refractivity contribution >= 4 is 29.2 Å². The van der Waals surface area contributed by atoms with Crippen molar-refractivity contribution in [2.75, 3.05) is 5.32 Å². The van der Waals surface area contributed by atoms with Gasteiger partial charge in [0.2, 0.25) is 0 Å². The van der Waals surface area contributed by atoms with E-state index in [-0.39, 0.29) is 0 Å². The number of thiocarbonyl (C=S) groups is 1. The van der Waals surface area contributed by atoms with Crippen molar-refractivity contribution in [1.82, 2.24) is 9.99 Å². The van der Waals surface area contributed by atoms with Crippen molar-refractivity contribution < 1.29 is 0 Å². The van der Waals surface area contributed by atoms with Crippen molar-refractivity contribution in [3.05, 3.63) is 89.2 Å². The number of anilines is 1. The molecular formula is C21H22N4S. The summed E-state index contributed by atoms with van der Waals surface area (Å²) in [4.78, 5) is 0. The van der Waals surface area contributed by atoms with E-state index in [0.29, 0.717) is 5.11 Å². The average molecular weight is 363 g/mol. The first-order valence-corrected chi connectivity index (χ1v) is 8.89. The largest absolute Gasteiger partial charge is 0.342 e. The molecule has 0 radical (unpaired) electrons. The maximum Gasteiger partial charge on any atom is 0.191 e. The van der Waals surface area contributed by atoms with Crippen LogP contribution >= 0.6 is 12.2 Å². The summed E-state index contributed by atoms with van der Waals surface area (Å²) >= 11 is 5.30. The van der Waals surface area contributed by atoms with E-state index < -0.39 is 0 Å². The Balaban J connectivity index is 1.60. The van der Waals surface area contributed by atoms with Crippen LogP contribution in [0.4, 0.5) is 5.69 Å². The van der Waals surface area contributed by atoms with E-state index in [9.17, 15) is 0 Å². The number of aromatic nitrogens is 1. The Bertz CT molecular complexity index is 927. The molecule has 4 nitrogen and oxygen atoms in total. The van der Waals surface area contributed by atoms with Gasteiger partial charge in [-0.2, -0.15) is 5.10 Å². The molecule has 0 amide bonds. The van der Waals surface area contributed by atoms with Crippen LogP contribution in [0, 0.1) is 13.8 Å². The molecule has 0 unspecified atom stereocenters. The van der Waals surface area contributed by atoms with Gasteiger partial charge in [0.15, 0.2) is 5.11 Å². The molecule has 0 fully saturated rings. The Morgan fingerprint density at radius 3 is 2.73 bits per heavy atom. The number of aryl methyl sites for hydroxylation is 2. The molecule has 0 spiro atoms. The fourth-order valence-corrected chi connectivity index (χ4v) is 2.88. The highest BCUT2D eigenvalue weighted by atomic mass is 32.1. The first kappa shape index (κ1) is 17.9. The molecule has 0 aliphatic heterocycles. The number of hydrogen-bond donors (Lipinski definition) is 2. The Kier molecular flexibility index (Phi) is 5.81. The van der Waals surface area contributed by atoms with E-state index >= 15 is 0 Å². The van der Waals surface area contributed by atoms with Crippen LogP contribution < -0.4 is 10.7 Å². The van der Waals surface area contributed by atoms with Crippen molar-refractivity contribution in [3.63, 3.8) is 0 Å². The molecule has 2 N–H and O–H groups in total. The molecule has 26 heavy (non-hydrogen) atoms. The first-order valence-electron chi connectivity index (χ1n) is 8.48. The third kappa shape index (κ3) is 4.80. The van der Waals surface area contributed by atoms with Gasteiger partial charge in [-0.25, -0.2) is 0 Å². The fraction of sp³-hybridized carbons (Fsp3) is 0.143. The lowest BCUT2D eigenvalue weighted by molar-refractivity contribution is 0.798. The minimum absolute atomic E-state index is 0.465. The summed E-state index contributed by atoms with van der Waals surface area (Å²) in [5.74, 6) is 0. The van der Waals surface area contributed by atoms with E-state index in [1.165, 1.54) is 11.1 Å². The molecule has 0 saturated heterocycles. The maximum atomic E-state index is 5.30. The first-order chi connectivity index (χ1) is 12.6. The van der Waals surface area contributed by atoms with Gasteiger partial charge >= 0.3 is 0 Å². The monoisotopic (exact) mass is 362 g/mol. The summed E-state index contributed by atoms with van der Waals surface area (Å²) in [7, 11) is 0. The SMILES string of the molecule is Cc1cccc(Cn2cccc2C=NNC(=S)Nc2ccccc2C)c1. The molecule has 0 aliphatic rings. The van der Waals surface area contributed by atoms with Gasteiger partial charge in [-0.1, -0.05) is 48.0 Å². The number of para-hydroxylation sites is 1. The molecule has 0 bridgehead atoms. The van der Waals surface area contributed by atoms with Crippen LogP contribution in [0.15, 0.2) is 72.0 Å². The molecule has 1 aromatic heterocycles. The number of nitrogens with zero attached hydrogens (tertiary/aromatic N) is 2. The fourth-order valence-electron chi connectivity index (χ4n) is 2.72. The van der Waals surface area contributed by atoms with Crippen LogP contribution in [0.2, 0.25) is 0 Å². The van der Waals surface area contributed by atoms with Gasteiger partial charge in [0.05, 0.1) is 11.9 Å². The van der Waals surface area contributed by atoms with Gasteiger partial charge in [0, 0.05) is 18.4 Å². The second kappa shape index (κ2) is 8.45. The predicted molar refractivity (Wildman–Crippen MR) is 113 cm³/mol. The van der Waals surface area contributed by atoms with Crippen LogP contribution in [0.25, 0.3) is 0 Å². The molecule has 3 rings (SSSR count). The predicted octanol–water partition coefficient (Wildman–Crippen LogP) is 4.47. The molecule has 3 aromatic rings. The van der Waals surface area contributed by atoms with Crippen LogP contribution in [0.3, 0.4) is 0 Å². The van der Waals surface area contributed by atoms with Gasteiger partial charge in [-0.15, -0.1) is 0 Å². The highest BCUT2D eigenvalue weighted by Crippen LogP contribution is 2.12. The molecule has 1 heterocycles. The third-order valence-electron chi connectivity index (χ3n) is 4.06. The summed E-state index contributed by atoms with van der Waals surface area (Å²) in [5.41, 5.74) is 8.52. The zero-order valence-electron chi connectivity index (χ0n) is 14.9. The topological polar surface area (TPSA) is 41.4 Å². The third-order valence-corrected chi connectivity index (χ3v) is 4.25. The number of hydrazone groups is 1. The zero-order valence-corrected chi connectivity index (χ0v) is 15.8. The van der Waals surface area contributed by atoms with Crippen molar-refractivity contribution in [2.45, 2.75) is 20.4 Å². The summed E-state index contributed by atoms with van der Waals surface area (Å²) < 4.78 is 2.15. The van der Waals surface area contributed by atoms with Crippen LogP contribution in [-0.4, -0.2) is 15.9 Å². The number of hydrogen-bond acceptors (Lipinski definition) is 2. The minimum atomic E-state index is 0.465. The highest BCUT2D eigenvalue weighted by Gasteiger charge is 2.01. The lowest BCUT2D eigenvalue weighted by Crippen LogP contribution is -2.24. The summed E-state index contributed by atoms with van der Waals surface area (Å²) in [6.45, 7) is 4.95. The van der Waals surface area contributed by atoms with Crippen LogP contribution in [0.5, 0.6) is 0 Å². The number of rotatable bonds is 5. The molecule has 0 aliphatic carbocycles. The summed E-state index contributed by atoms with van der Waals surface area (Å²) in [5, 5.41) is 7.88. The normalized spacial score (nSPS) is 10.8. The van der Waals surface area contributed by atoms with Gasteiger partial charge in [0.25, 0.3) is 0 Å². The van der Waals surface area contributed by atoms with Gasteiger partial charge < -0.3 is 9.88 Å². The number of benzene rings is 2. The standard InChI is InChI=1S/C21H22N4S/c1-16-7-5-9-18(13-16)15-25-12-6-10-19(25)14-22-24-21(26)23-20-11-4-3-8-17(20)2/h3-14H,15H2,1-2H3,(H2,23,24,26). The van der Waals surface area contributed by atoms with Gasteiger partial charge in [-0.3, -0.25) is 5.43 Å². The second-order valence-corrected chi connectivity index (χ2v) is 6.60. The smallest absolute Gasteiger partial charge is 0.191 e. The van der Waals surface area contributed by atoms with Crippen LogP contribution in [-0.2, 0) is 6.54 Å².